The van der Waals surface area contributed by atoms with Crippen LogP contribution in [0, 0.1) is 0 Å². The monoisotopic (exact) mass is 208 g/mol. The summed E-state index contributed by atoms with van der Waals surface area (Å²) in [5.41, 5.74) is 0. The molecule has 0 bridgehead atoms. The second kappa shape index (κ2) is 4.69. The molecule has 1 unspecified atom stereocenters. The van der Waals surface area contributed by atoms with Crippen molar-refractivity contribution in [1.29, 1.82) is 0 Å². The third kappa shape index (κ3) is 2.79. The third-order valence-electron chi connectivity index (χ3n) is 1.49. The fourth-order valence-corrected chi connectivity index (χ4v) is 0.740. The Bertz CT molecular complexity index is 250. The minimum Gasteiger partial charge on any atom is -0.477 e. The maximum Gasteiger partial charge on any atom is 0.378 e. The van der Waals surface area contributed by atoms with Crippen LogP contribution < -0.4 is 0 Å². The highest BCUT2D eigenvalue weighted by molar-refractivity contribution is 5.82. The molecule has 14 heavy (non-hydrogen) atoms. The van der Waals surface area contributed by atoms with Crippen LogP contribution in [0.25, 0.3) is 0 Å². The van der Waals surface area contributed by atoms with E-state index < -0.39 is 24.0 Å². The van der Waals surface area contributed by atoms with Crippen molar-refractivity contribution in [2.75, 3.05) is 0 Å². The SMILES string of the molecule is C=CC(=O)OC(CC)C(F)(F)C(=O)O. The number of hydrogen-bond acceptors (Lipinski definition) is 3. The topological polar surface area (TPSA) is 63.6 Å². The lowest BCUT2D eigenvalue weighted by atomic mass is 10.1. The summed E-state index contributed by atoms with van der Waals surface area (Å²) in [5.74, 6) is -7.47. The van der Waals surface area contributed by atoms with Gasteiger partial charge in [-0.05, 0) is 6.42 Å². The van der Waals surface area contributed by atoms with Gasteiger partial charge in [0.2, 0.25) is 0 Å². The first-order valence-corrected chi connectivity index (χ1v) is 3.80. The van der Waals surface area contributed by atoms with Gasteiger partial charge in [0, 0.05) is 6.08 Å². The van der Waals surface area contributed by atoms with Crippen molar-refractivity contribution in [3.8, 4) is 0 Å². The lowest BCUT2D eigenvalue weighted by Crippen LogP contribution is -2.43. The maximum absolute atomic E-state index is 12.8. The van der Waals surface area contributed by atoms with Gasteiger partial charge in [0.15, 0.2) is 6.10 Å². The Morgan fingerprint density at radius 2 is 2.14 bits per heavy atom. The van der Waals surface area contributed by atoms with Gasteiger partial charge in [-0.15, -0.1) is 0 Å². The highest BCUT2D eigenvalue weighted by Gasteiger charge is 2.49. The average molecular weight is 208 g/mol. The zero-order valence-corrected chi connectivity index (χ0v) is 7.50. The van der Waals surface area contributed by atoms with Gasteiger partial charge >= 0.3 is 17.9 Å². The first-order valence-electron chi connectivity index (χ1n) is 3.80. The predicted molar refractivity (Wildman–Crippen MR) is 43.0 cm³/mol. The molecule has 80 valence electrons. The van der Waals surface area contributed by atoms with Gasteiger partial charge in [-0.1, -0.05) is 13.5 Å². The van der Waals surface area contributed by atoms with Crippen LogP contribution in [-0.2, 0) is 14.3 Å². The Kier molecular flexibility index (Phi) is 4.20. The van der Waals surface area contributed by atoms with E-state index in [0.717, 1.165) is 0 Å². The summed E-state index contributed by atoms with van der Waals surface area (Å²) in [4.78, 5) is 20.7. The Morgan fingerprint density at radius 3 is 2.43 bits per heavy atom. The number of hydrogen-bond donors (Lipinski definition) is 1. The first kappa shape index (κ1) is 12.5. The fraction of sp³-hybridized carbons (Fsp3) is 0.500. The zero-order chi connectivity index (χ0) is 11.4. The molecule has 0 fully saturated rings. The second-order valence-electron chi connectivity index (χ2n) is 2.47. The molecular weight excluding hydrogens is 198 g/mol. The molecule has 0 aliphatic rings. The molecule has 1 atom stereocenters. The van der Waals surface area contributed by atoms with Crippen LogP contribution in [0.5, 0.6) is 0 Å². The van der Waals surface area contributed by atoms with Gasteiger partial charge < -0.3 is 9.84 Å². The quantitative estimate of drug-likeness (QED) is 0.545. The van der Waals surface area contributed by atoms with E-state index in [-0.39, 0.29) is 6.42 Å². The van der Waals surface area contributed by atoms with Crippen molar-refractivity contribution in [1.82, 2.24) is 0 Å². The molecule has 0 aromatic rings. The Balaban J connectivity index is 4.63. The molecule has 0 rings (SSSR count). The molecule has 0 spiro atoms. The van der Waals surface area contributed by atoms with Gasteiger partial charge in [0.05, 0.1) is 0 Å². The first-order chi connectivity index (χ1) is 6.36. The normalized spacial score (nSPS) is 13.1. The number of carboxylic acids is 1. The highest BCUT2D eigenvalue weighted by Crippen LogP contribution is 2.24. The molecule has 0 saturated heterocycles. The smallest absolute Gasteiger partial charge is 0.378 e. The molecule has 0 amide bonds. The third-order valence-corrected chi connectivity index (χ3v) is 1.49. The minimum atomic E-state index is -4.08. The number of carbonyl (C=O) groups excluding carboxylic acids is 1. The van der Waals surface area contributed by atoms with Gasteiger partial charge in [-0.3, -0.25) is 0 Å². The van der Waals surface area contributed by atoms with Crippen LogP contribution in [0.3, 0.4) is 0 Å². The zero-order valence-electron chi connectivity index (χ0n) is 7.50. The van der Waals surface area contributed by atoms with E-state index in [2.05, 4.69) is 11.3 Å². The van der Waals surface area contributed by atoms with Crippen LogP contribution >= 0.6 is 0 Å². The number of halogens is 2. The standard InChI is InChI=1S/C8H10F2O4/c1-3-5(14-6(11)4-2)8(9,10)7(12)13/h4-5H,2-3H2,1H3,(H,12,13). The van der Waals surface area contributed by atoms with Gasteiger partial charge in [-0.25, -0.2) is 9.59 Å². The van der Waals surface area contributed by atoms with Crippen LogP contribution in [0.2, 0.25) is 0 Å². The second-order valence-corrected chi connectivity index (χ2v) is 2.47. The van der Waals surface area contributed by atoms with E-state index >= 15 is 0 Å². The minimum absolute atomic E-state index is 0.293. The molecule has 0 aromatic heterocycles. The fourth-order valence-electron chi connectivity index (χ4n) is 0.740. The maximum atomic E-state index is 12.8. The molecule has 6 heteroatoms. The van der Waals surface area contributed by atoms with Crippen molar-refractivity contribution in [2.45, 2.75) is 25.4 Å². The molecule has 0 aliphatic heterocycles. The van der Waals surface area contributed by atoms with Crippen LogP contribution in [0.4, 0.5) is 8.78 Å². The molecule has 0 aromatic carbocycles. The summed E-state index contributed by atoms with van der Waals surface area (Å²) < 4.78 is 29.8. The van der Waals surface area contributed by atoms with Crippen molar-refractivity contribution < 1.29 is 28.2 Å². The van der Waals surface area contributed by atoms with Gasteiger partial charge in [0.1, 0.15) is 0 Å². The van der Waals surface area contributed by atoms with E-state index in [1.807, 2.05) is 0 Å². The summed E-state index contributed by atoms with van der Waals surface area (Å²) in [6, 6.07) is 0. The van der Waals surface area contributed by atoms with Crippen molar-refractivity contribution >= 4 is 11.9 Å². The molecule has 0 radical (unpaired) electrons. The summed E-state index contributed by atoms with van der Waals surface area (Å²) in [6.45, 7) is 4.30. The average Bonchev–Trinajstić information content (AvgIpc) is 2.12. The predicted octanol–water partition coefficient (Wildman–Crippen LogP) is 1.21. The van der Waals surface area contributed by atoms with E-state index in [0.29, 0.717) is 6.08 Å². The van der Waals surface area contributed by atoms with E-state index in [1.54, 1.807) is 0 Å². The lowest BCUT2D eigenvalue weighted by Gasteiger charge is -2.21. The number of rotatable bonds is 5. The summed E-state index contributed by atoms with van der Waals surface area (Å²) in [5, 5.41) is 8.16. The Hall–Kier alpha value is -1.46. The van der Waals surface area contributed by atoms with Crippen LogP contribution in [0.1, 0.15) is 13.3 Å². The summed E-state index contributed by atoms with van der Waals surface area (Å²) in [6.07, 6.45) is -1.56. The molecule has 0 heterocycles. The highest BCUT2D eigenvalue weighted by atomic mass is 19.3. The largest absolute Gasteiger partial charge is 0.477 e. The van der Waals surface area contributed by atoms with Crippen molar-refractivity contribution in [3.63, 3.8) is 0 Å². The molecule has 0 saturated carbocycles. The van der Waals surface area contributed by atoms with E-state index in [1.165, 1.54) is 6.92 Å². The Morgan fingerprint density at radius 1 is 1.64 bits per heavy atom. The van der Waals surface area contributed by atoms with Gasteiger partial charge in [0.25, 0.3) is 0 Å². The number of ether oxygens (including phenoxy) is 1. The molecular formula is C8H10F2O4. The number of aliphatic carboxylic acids is 1. The number of alkyl halides is 2. The summed E-state index contributed by atoms with van der Waals surface area (Å²) >= 11 is 0. The van der Waals surface area contributed by atoms with Crippen LogP contribution in [0.15, 0.2) is 12.7 Å². The summed E-state index contributed by atoms with van der Waals surface area (Å²) in [7, 11) is 0. The van der Waals surface area contributed by atoms with E-state index in [4.69, 9.17) is 5.11 Å². The Labute approximate surface area is 79.2 Å². The lowest BCUT2D eigenvalue weighted by molar-refractivity contribution is -0.191. The molecule has 0 aliphatic carbocycles. The van der Waals surface area contributed by atoms with Crippen LogP contribution in [-0.4, -0.2) is 29.1 Å². The number of carboxylic acid groups (broad SMARTS) is 1. The number of carbonyl (C=O) groups is 2. The van der Waals surface area contributed by atoms with Crippen molar-refractivity contribution in [2.24, 2.45) is 0 Å². The molecule has 1 N–H and O–H groups in total. The van der Waals surface area contributed by atoms with Crippen molar-refractivity contribution in [3.05, 3.63) is 12.7 Å². The number of esters is 1. The van der Waals surface area contributed by atoms with Gasteiger partial charge in [-0.2, -0.15) is 8.78 Å². The molecule has 4 nitrogen and oxygen atoms in total. The van der Waals surface area contributed by atoms with E-state index in [9.17, 15) is 18.4 Å².